The number of pyridine rings is 1. The van der Waals surface area contributed by atoms with Gasteiger partial charge in [-0.2, -0.15) is 0 Å². The molecule has 2 atom stereocenters. The highest BCUT2D eigenvalue weighted by Crippen LogP contribution is 2.33. The number of halogens is 1. The normalized spacial score (nSPS) is 17.8. The Balaban J connectivity index is 1.05. The number of fused-ring (bicyclic) bond motifs is 1. The lowest BCUT2D eigenvalue weighted by Crippen LogP contribution is -2.33. The molecule has 1 unspecified atom stereocenters. The molecular weight excluding hydrogens is 582 g/mol. The molecule has 3 heterocycles. The number of anilines is 2. The number of furan rings is 1. The van der Waals surface area contributed by atoms with Gasteiger partial charge in [0, 0.05) is 36.6 Å². The minimum atomic E-state index is -0.431. The molecule has 1 saturated heterocycles. The molecule has 0 radical (unpaired) electrons. The van der Waals surface area contributed by atoms with Crippen LogP contribution in [-0.4, -0.2) is 43.2 Å². The van der Waals surface area contributed by atoms with E-state index in [1.54, 1.807) is 24.5 Å². The summed E-state index contributed by atoms with van der Waals surface area (Å²) in [6.07, 6.45) is 7.77. The Morgan fingerprint density at radius 3 is 2.75 bits per heavy atom. The maximum absolute atomic E-state index is 13.1. The fourth-order valence-corrected chi connectivity index (χ4v) is 5.72. The third-order valence-corrected chi connectivity index (χ3v) is 8.42. The molecule has 1 amide bonds. The van der Waals surface area contributed by atoms with Crippen molar-refractivity contribution < 1.29 is 28.2 Å². The predicted molar refractivity (Wildman–Crippen MR) is 169 cm³/mol. The Morgan fingerprint density at radius 1 is 1.09 bits per heavy atom. The monoisotopic (exact) mass is 615 g/mol. The summed E-state index contributed by atoms with van der Waals surface area (Å²) in [7, 11) is 1.35. The number of esters is 1. The van der Waals surface area contributed by atoms with E-state index in [-0.39, 0.29) is 17.9 Å². The standard InChI is InChI=1S/C34H34ClN3O6/c1-41-34(40)23-10-12-29(30(18-23)36-19-25-13-15-42-25)37-31(39)17-21-5-7-22(8-6-21)28-3-2-4-32(38-28)44-20-24-9-11-27(35)26-14-16-43-33(24)26/h2-4,7,9-12,14,16,18,21,25,36H,5-6,8,13,15,17,19-20H2,1H3,(H,37,39)/t21?,25-/m0/s1. The van der Waals surface area contributed by atoms with Gasteiger partial charge in [-0.15, -0.1) is 0 Å². The van der Waals surface area contributed by atoms with Crippen molar-refractivity contribution >= 4 is 51.4 Å². The maximum Gasteiger partial charge on any atom is 0.337 e. The molecule has 1 aliphatic carbocycles. The van der Waals surface area contributed by atoms with Crippen LogP contribution in [0.4, 0.5) is 11.4 Å². The van der Waals surface area contributed by atoms with Crippen molar-refractivity contribution in [3.63, 3.8) is 0 Å². The van der Waals surface area contributed by atoms with Gasteiger partial charge in [-0.3, -0.25) is 4.79 Å². The first-order valence-electron chi connectivity index (χ1n) is 14.8. The lowest BCUT2D eigenvalue weighted by molar-refractivity contribution is -0.117. The topological polar surface area (TPSA) is 112 Å². The van der Waals surface area contributed by atoms with Crippen LogP contribution in [0.5, 0.6) is 5.88 Å². The maximum atomic E-state index is 13.1. The van der Waals surface area contributed by atoms with Gasteiger partial charge in [-0.05, 0) is 73.6 Å². The number of benzene rings is 2. The van der Waals surface area contributed by atoms with Gasteiger partial charge in [0.2, 0.25) is 11.8 Å². The zero-order valence-electron chi connectivity index (χ0n) is 24.4. The van der Waals surface area contributed by atoms with E-state index in [0.29, 0.717) is 53.0 Å². The molecule has 10 heteroatoms. The van der Waals surface area contributed by atoms with Crippen LogP contribution in [0.2, 0.25) is 5.02 Å². The lowest BCUT2D eigenvalue weighted by Gasteiger charge is -2.27. The van der Waals surface area contributed by atoms with Crippen LogP contribution in [-0.2, 0) is 20.9 Å². The number of hydrogen-bond donors (Lipinski definition) is 2. The predicted octanol–water partition coefficient (Wildman–Crippen LogP) is 7.26. The number of allylic oxidation sites excluding steroid dienone is 2. The molecule has 2 aliphatic rings. The van der Waals surface area contributed by atoms with Crippen LogP contribution in [0.1, 0.15) is 53.7 Å². The number of carbonyl (C=O) groups is 2. The Labute approximate surface area is 260 Å². The minimum Gasteiger partial charge on any atom is -0.473 e. The van der Waals surface area contributed by atoms with E-state index < -0.39 is 5.97 Å². The molecule has 228 valence electrons. The molecule has 6 rings (SSSR count). The van der Waals surface area contributed by atoms with Crippen molar-refractivity contribution in [1.82, 2.24) is 4.98 Å². The Kier molecular flexibility index (Phi) is 9.14. The molecule has 1 aliphatic heterocycles. The summed E-state index contributed by atoms with van der Waals surface area (Å²) in [6, 6.07) is 16.4. The van der Waals surface area contributed by atoms with Gasteiger partial charge in [-0.1, -0.05) is 29.8 Å². The average molecular weight is 616 g/mol. The Hall–Kier alpha value is -4.34. The van der Waals surface area contributed by atoms with Crippen molar-refractivity contribution in [3.8, 4) is 5.88 Å². The van der Waals surface area contributed by atoms with Gasteiger partial charge >= 0.3 is 5.97 Å². The number of rotatable bonds is 11. The van der Waals surface area contributed by atoms with E-state index in [2.05, 4.69) is 16.7 Å². The molecular formula is C34H34ClN3O6. The van der Waals surface area contributed by atoms with E-state index in [1.807, 2.05) is 36.4 Å². The molecule has 2 N–H and O–H groups in total. The highest BCUT2D eigenvalue weighted by atomic mass is 35.5. The quantitative estimate of drug-likeness (QED) is 0.170. The summed E-state index contributed by atoms with van der Waals surface area (Å²) in [5.74, 6) is 0.250. The van der Waals surface area contributed by atoms with Crippen LogP contribution >= 0.6 is 11.6 Å². The molecule has 0 spiro atoms. The molecule has 1 fully saturated rings. The second-order valence-corrected chi connectivity index (χ2v) is 11.5. The Bertz CT molecular complexity index is 1700. The molecule has 4 aromatic rings. The van der Waals surface area contributed by atoms with Gasteiger partial charge in [-0.25, -0.2) is 9.78 Å². The molecule has 44 heavy (non-hydrogen) atoms. The number of nitrogens with one attached hydrogen (secondary N) is 2. The van der Waals surface area contributed by atoms with Crippen molar-refractivity contribution in [2.24, 2.45) is 5.92 Å². The van der Waals surface area contributed by atoms with Crippen LogP contribution in [0.3, 0.4) is 0 Å². The number of methoxy groups -OCH3 is 1. The number of carbonyl (C=O) groups excluding carboxylic acids is 2. The average Bonchev–Trinajstić information content (AvgIpc) is 3.52. The fourth-order valence-electron chi connectivity index (χ4n) is 5.51. The van der Waals surface area contributed by atoms with Gasteiger partial charge < -0.3 is 29.3 Å². The first-order valence-corrected chi connectivity index (χ1v) is 15.2. The van der Waals surface area contributed by atoms with E-state index in [0.717, 1.165) is 54.5 Å². The summed E-state index contributed by atoms with van der Waals surface area (Å²) < 4.78 is 22.0. The molecule has 2 aromatic heterocycles. The van der Waals surface area contributed by atoms with E-state index in [4.69, 9.17) is 35.2 Å². The Morgan fingerprint density at radius 2 is 1.98 bits per heavy atom. The third kappa shape index (κ3) is 6.90. The van der Waals surface area contributed by atoms with Gasteiger partial charge in [0.05, 0.1) is 47.1 Å². The van der Waals surface area contributed by atoms with Crippen molar-refractivity contribution in [1.29, 1.82) is 0 Å². The zero-order valence-corrected chi connectivity index (χ0v) is 25.2. The summed E-state index contributed by atoms with van der Waals surface area (Å²) in [5, 5.41) is 7.85. The lowest BCUT2D eigenvalue weighted by atomic mass is 9.86. The van der Waals surface area contributed by atoms with Gasteiger partial charge in [0.15, 0.2) is 0 Å². The first-order chi connectivity index (χ1) is 21.5. The van der Waals surface area contributed by atoms with Gasteiger partial charge in [0.25, 0.3) is 0 Å². The van der Waals surface area contributed by atoms with Crippen LogP contribution in [0, 0.1) is 5.92 Å². The summed E-state index contributed by atoms with van der Waals surface area (Å²) in [5.41, 5.74) is 5.34. The van der Waals surface area contributed by atoms with Crippen LogP contribution in [0.15, 0.2) is 71.4 Å². The first kappa shape index (κ1) is 29.7. The number of aromatic nitrogens is 1. The summed E-state index contributed by atoms with van der Waals surface area (Å²) >= 11 is 6.26. The van der Waals surface area contributed by atoms with E-state index in [9.17, 15) is 9.59 Å². The van der Waals surface area contributed by atoms with Crippen molar-refractivity contribution in [3.05, 3.63) is 88.8 Å². The molecule has 9 nitrogen and oxygen atoms in total. The zero-order chi connectivity index (χ0) is 30.5. The number of nitrogens with zero attached hydrogens (tertiary/aromatic N) is 1. The molecule has 2 aromatic carbocycles. The second kappa shape index (κ2) is 13.5. The highest BCUT2D eigenvalue weighted by Gasteiger charge is 2.22. The minimum absolute atomic E-state index is 0.0676. The fraction of sp³-hybridized carbons (Fsp3) is 0.324. The summed E-state index contributed by atoms with van der Waals surface area (Å²) in [4.78, 5) is 29.9. The number of ether oxygens (including phenoxy) is 3. The second-order valence-electron chi connectivity index (χ2n) is 11.1. The molecule has 0 bridgehead atoms. The smallest absolute Gasteiger partial charge is 0.337 e. The van der Waals surface area contributed by atoms with E-state index >= 15 is 0 Å². The van der Waals surface area contributed by atoms with E-state index in [1.165, 1.54) is 7.11 Å². The van der Waals surface area contributed by atoms with Crippen LogP contribution < -0.4 is 15.4 Å². The van der Waals surface area contributed by atoms with Crippen molar-refractivity contribution in [2.45, 2.75) is 44.8 Å². The SMILES string of the molecule is COC(=O)c1ccc(NC(=O)CC2CC=C(c3cccc(OCc4ccc(Cl)c5ccoc45)n3)CC2)c(NC[C@@H]2CCO2)c1. The van der Waals surface area contributed by atoms with Gasteiger partial charge in [0.1, 0.15) is 12.2 Å². The number of amides is 1. The largest absolute Gasteiger partial charge is 0.473 e. The molecule has 0 saturated carbocycles. The number of hydrogen-bond acceptors (Lipinski definition) is 8. The highest BCUT2D eigenvalue weighted by molar-refractivity contribution is 6.35. The third-order valence-electron chi connectivity index (χ3n) is 8.10. The summed E-state index contributed by atoms with van der Waals surface area (Å²) in [6.45, 7) is 1.66. The van der Waals surface area contributed by atoms with Crippen molar-refractivity contribution in [2.75, 3.05) is 30.9 Å². The van der Waals surface area contributed by atoms with Crippen LogP contribution in [0.25, 0.3) is 16.5 Å².